The zero-order valence-corrected chi connectivity index (χ0v) is 16.7. The molecule has 28 heavy (non-hydrogen) atoms. The molecule has 0 aromatic heterocycles. The fraction of sp³-hybridized carbons (Fsp3) is 0.444. The molecule has 0 bridgehead atoms. The van der Waals surface area contributed by atoms with E-state index in [2.05, 4.69) is 15.4 Å². The maximum absolute atomic E-state index is 13.0. The number of alkyl halides is 2. The molecule has 0 aliphatic carbocycles. The maximum atomic E-state index is 13.0. The number of allylic oxidation sites excluding steroid dienone is 1. The average molecular weight is 418 g/mol. The van der Waals surface area contributed by atoms with Crippen LogP contribution in [0.15, 0.2) is 23.4 Å². The first kappa shape index (κ1) is 21.7. The fourth-order valence-corrected chi connectivity index (χ4v) is 3.28. The summed E-state index contributed by atoms with van der Waals surface area (Å²) in [4.78, 5) is 26.6. The lowest BCUT2D eigenvalue weighted by molar-refractivity contribution is -0.127. The van der Waals surface area contributed by atoms with Gasteiger partial charge in [-0.15, -0.1) is 0 Å². The largest absolute Gasteiger partial charge is 0.493 e. The van der Waals surface area contributed by atoms with E-state index in [1.807, 2.05) is 13.8 Å². The number of carbonyl (C=O) groups is 2. The summed E-state index contributed by atoms with van der Waals surface area (Å²) < 4.78 is 34.8. The van der Waals surface area contributed by atoms with Crippen molar-refractivity contribution in [3.8, 4) is 11.5 Å². The topological polar surface area (TPSA) is 79.9 Å². The van der Waals surface area contributed by atoms with Crippen molar-refractivity contribution in [2.45, 2.75) is 33.4 Å². The number of benzene rings is 1. The van der Waals surface area contributed by atoms with Gasteiger partial charge < -0.3 is 25.0 Å². The number of methoxy groups -OCH3 is 1. The third-order valence-corrected chi connectivity index (χ3v) is 4.62. The van der Waals surface area contributed by atoms with Crippen LogP contribution in [0.4, 0.5) is 13.6 Å². The minimum Gasteiger partial charge on any atom is -0.493 e. The number of likely N-dealkylation sites (N-methyl/N-ethyl adjacent to an activating group) is 1. The van der Waals surface area contributed by atoms with Crippen LogP contribution < -0.4 is 20.1 Å². The number of hydrogen-bond acceptors (Lipinski definition) is 4. The van der Waals surface area contributed by atoms with Gasteiger partial charge in [-0.25, -0.2) is 4.79 Å². The van der Waals surface area contributed by atoms with E-state index in [-0.39, 0.29) is 22.4 Å². The van der Waals surface area contributed by atoms with E-state index in [1.165, 1.54) is 19.2 Å². The Morgan fingerprint density at radius 3 is 2.50 bits per heavy atom. The van der Waals surface area contributed by atoms with Crippen molar-refractivity contribution in [1.29, 1.82) is 0 Å². The van der Waals surface area contributed by atoms with Crippen molar-refractivity contribution in [3.05, 3.63) is 34.0 Å². The minimum absolute atomic E-state index is 0.0390. The highest BCUT2D eigenvalue weighted by Gasteiger charge is 2.34. The highest BCUT2D eigenvalue weighted by Crippen LogP contribution is 2.40. The van der Waals surface area contributed by atoms with Gasteiger partial charge in [-0.3, -0.25) is 4.79 Å². The van der Waals surface area contributed by atoms with Crippen molar-refractivity contribution >= 4 is 23.5 Å². The molecule has 0 radical (unpaired) electrons. The summed E-state index contributed by atoms with van der Waals surface area (Å²) in [6.45, 7) is 3.19. The Balaban J connectivity index is 2.56. The van der Waals surface area contributed by atoms with E-state index >= 15 is 0 Å². The van der Waals surface area contributed by atoms with Gasteiger partial charge in [0.15, 0.2) is 11.5 Å². The van der Waals surface area contributed by atoms with E-state index in [4.69, 9.17) is 16.3 Å². The molecule has 7 nitrogen and oxygen atoms in total. The number of ether oxygens (including phenoxy) is 2. The summed E-state index contributed by atoms with van der Waals surface area (Å²) in [6.07, 6.45) is 0. The third kappa shape index (κ3) is 4.46. The normalized spacial score (nSPS) is 16.6. The van der Waals surface area contributed by atoms with Crippen LogP contribution in [-0.2, 0) is 4.79 Å². The summed E-state index contributed by atoms with van der Waals surface area (Å²) in [5, 5.41) is 5.14. The molecule has 1 aromatic carbocycles. The fourth-order valence-electron chi connectivity index (χ4n) is 3.02. The Kier molecular flexibility index (Phi) is 7.06. The van der Waals surface area contributed by atoms with Gasteiger partial charge in [0.25, 0.3) is 5.91 Å². The maximum Gasteiger partial charge on any atom is 0.387 e. The van der Waals surface area contributed by atoms with Gasteiger partial charge in [-0.2, -0.15) is 8.78 Å². The van der Waals surface area contributed by atoms with Crippen LogP contribution in [0.1, 0.15) is 32.4 Å². The summed E-state index contributed by atoms with van der Waals surface area (Å²) in [6, 6.07) is 1.43. The van der Waals surface area contributed by atoms with Crippen LogP contribution >= 0.6 is 11.6 Å². The monoisotopic (exact) mass is 417 g/mol. The van der Waals surface area contributed by atoms with Gasteiger partial charge in [0.1, 0.15) is 0 Å². The van der Waals surface area contributed by atoms with Crippen LogP contribution in [0.25, 0.3) is 0 Å². The number of nitrogens with one attached hydrogen (secondary N) is 2. The van der Waals surface area contributed by atoms with E-state index in [1.54, 1.807) is 11.8 Å². The molecule has 2 N–H and O–H groups in total. The Bertz CT molecular complexity index is 797. The van der Waals surface area contributed by atoms with E-state index in [0.717, 1.165) is 0 Å². The summed E-state index contributed by atoms with van der Waals surface area (Å²) >= 11 is 6.12. The lowest BCUT2D eigenvalue weighted by Crippen LogP contribution is -2.47. The Hall–Kier alpha value is -2.55. The van der Waals surface area contributed by atoms with Gasteiger partial charge >= 0.3 is 12.6 Å². The third-order valence-electron chi connectivity index (χ3n) is 4.34. The minimum atomic E-state index is -3.09. The SMILES string of the molecule is CCN(CC)C(=O)C1=C(C)NC(=O)N[C@H]1c1cc(Cl)c(OC(F)F)c(OC)c1. The van der Waals surface area contributed by atoms with Gasteiger partial charge in [0.05, 0.1) is 23.7 Å². The van der Waals surface area contributed by atoms with Gasteiger partial charge in [0.2, 0.25) is 0 Å². The van der Waals surface area contributed by atoms with Crippen molar-refractivity contribution in [2.24, 2.45) is 0 Å². The molecule has 1 aliphatic heterocycles. The van der Waals surface area contributed by atoms with Gasteiger partial charge in [-0.05, 0) is 38.5 Å². The molecular formula is C18H22ClF2N3O4. The summed E-state index contributed by atoms with van der Waals surface area (Å²) in [5.74, 6) is -0.619. The number of carbonyl (C=O) groups excluding carboxylic acids is 2. The number of hydrogen-bond donors (Lipinski definition) is 2. The van der Waals surface area contributed by atoms with Crippen molar-refractivity contribution in [3.63, 3.8) is 0 Å². The molecule has 1 heterocycles. The molecule has 3 amide bonds. The Morgan fingerprint density at radius 1 is 1.32 bits per heavy atom. The first-order valence-electron chi connectivity index (χ1n) is 8.63. The molecule has 10 heteroatoms. The van der Waals surface area contributed by atoms with Crippen LogP contribution in [0.5, 0.6) is 11.5 Å². The van der Waals surface area contributed by atoms with Crippen LogP contribution in [0.3, 0.4) is 0 Å². The predicted molar refractivity (Wildman–Crippen MR) is 99.7 cm³/mol. The van der Waals surface area contributed by atoms with E-state index < -0.39 is 18.7 Å². The lowest BCUT2D eigenvalue weighted by atomic mass is 9.94. The number of amides is 3. The first-order valence-corrected chi connectivity index (χ1v) is 9.00. The van der Waals surface area contributed by atoms with Crippen LogP contribution in [0, 0.1) is 0 Å². The number of rotatable bonds is 7. The van der Waals surface area contributed by atoms with Crippen LogP contribution in [-0.4, -0.2) is 43.6 Å². The van der Waals surface area contributed by atoms with Crippen LogP contribution in [0.2, 0.25) is 5.02 Å². The molecule has 0 unspecified atom stereocenters. The highest BCUT2D eigenvalue weighted by atomic mass is 35.5. The zero-order valence-electron chi connectivity index (χ0n) is 15.9. The predicted octanol–water partition coefficient (Wildman–Crippen LogP) is 3.45. The number of halogens is 3. The second-order valence-electron chi connectivity index (χ2n) is 5.96. The molecule has 1 aliphatic rings. The highest BCUT2D eigenvalue weighted by molar-refractivity contribution is 6.32. The average Bonchev–Trinajstić information content (AvgIpc) is 2.63. The smallest absolute Gasteiger partial charge is 0.387 e. The quantitative estimate of drug-likeness (QED) is 0.712. The van der Waals surface area contributed by atoms with Gasteiger partial charge in [-0.1, -0.05) is 11.6 Å². The molecule has 154 valence electrons. The molecule has 0 saturated heterocycles. The number of nitrogens with zero attached hydrogens (tertiary/aromatic N) is 1. The lowest BCUT2D eigenvalue weighted by Gasteiger charge is -2.32. The second kappa shape index (κ2) is 9.09. The first-order chi connectivity index (χ1) is 13.2. The number of urea groups is 1. The second-order valence-corrected chi connectivity index (χ2v) is 6.37. The molecular weight excluding hydrogens is 396 g/mol. The Labute approximate surface area is 166 Å². The summed E-state index contributed by atoms with van der Waals surface area (Å²) in [5.41, 5.74) is 1.12. The molecule has 0 fully saturated rings. The zero-order chi connectivity index (χ0) is 21.0. The van der Waals surface area contributed by atoms with Crippen molar-refractivity contribution in [2.75, 3.05) is 20.2 Å². The van der Waals surface area contributed by atoms with E-state index in [0.29, 0.717) is 29.9 Å². The molecule has 0 saturated carbocycles. The summed E-state index contributed by atoms with van der Waals surface area (Å²) in [7, 11) is 1.28. The molecule has 0 spiro atoms. The van der Waals surface area contributed by atoms with Crippen molar-refractivity contribution < 1.29 is 27.8 Å². The Morgan fingerprint density at radius 2 is 1.96 bits per heavy atom. The molecule has 2 rings (SSSR count). The van der Waals surface area contributed by atoms with Gasteiger partial charge in [0, 0.05) is 18.8 Å². The standard InChI is InChI=1S/C18H22ClF2N3O4/c1-5-24(6-2)16(25)13-9(3)22-18(26)23-14(13)10-7-11(19)15(28-17(20)21)12(8-10)27-4/h7-8,14,17H,5-6H2,1-4H3,(H2,22,23,26)/t14-/m0/s1. The van der Waals surface area contributed by atoms with Crippen molar-refractivity contribution in [1.82, 2.24) is 15.5 Å². The molecule has 1 atom stereocenters. The molecule has 1 aromatic rings. The van der Waals surface area contributed by atoms with E-state index in [9.17, 15) is 18.4 Å².